The van der Waals surface area contributed by atoms with Crippen LogP contribution in [-0.2, 0) is 16.9 Å². The highest BCUT2D eigenvalue weighted by Gasteiger charge is 2.24. The van der Waals surface area contributed by atoms with Gasteiger partial charge in [-0.15, -0.1) is 0 Å². The number of aromatic amines is 1. The molecule has 1 aliphatic carbocycles. The molecule has 0 amide bonds. The fourth-order valence-electron chi connectivity index (χ4n) is 4.01. The number of benzene rings is 1. The summed E-state index contributed by atoms with van der Waals surface area (Å²) in [6.07, 6.45) is 5.93. The summed E-state index contributed by atoms with van der Waals surface area (Å²) in [7, 11) is -1.74. The Kier molecular flexibility index (Phi) is 5.46. The molecule has 0 spiro atoms. The van der Waals surface area contributed by atoms with Crippen LogP contribution in [0.3, 0.4) is 0 Å². The van der Waals surface area contributed by atoms with Gasteiger partial charge in [-0.05, 0) is 49.9 Å². The van der Waals surface area contributed by atoms with Gasteiger partial charge in [0, 0.05) is 36.0 Å². The third-order valence-electron chi connectivity index (χ3n) is 5.81. The van der Waals surface area contributed by atoms with Crippen LogP contribution in [0.5, 0.6) is 5.75 Å². The van der Waals surface area contributed by atoms with Gasteiger partial charge in [-0.25, -0.2) is 8.42 Å². The summed E-state index contributed by atoms with van der Waals surface area (Å²) in [6, 6.07) is 6.73. The molecule has 160 valence electrons. The largest absolute Gasteiger partial charge is 0.490 e. The van der Waals surface area contributed by atoms with Crippen molar-refractivity contribution in [2.24, 2.45) is 7.05 Å². The van der Waals surface area contributed by atoms with Gasteiger partial charge in [-0.3, -0.25) is 4.79 Å². The molecule has 0 bridgehead atoms. The predicted octanol–water partition coefficient (Wildman–Crippen LogP) is 3.01. The van der Waals surface area contributed by atoms with Crippen molar-refractivity contribution in [3.8, 4) is 16.9 Å². The minimum Gasteiger partial charge on any atom is -0.490 e. The molecular formula is C22H26N2O5S. The van der Waals surface area contributed by atoms with Crippen LogP contribution in [-0.4, -0.2) is 41.0 Å². The standard InChI is InChI=1S/C22H26N2O5S/c1-3-30(27,28)16-8-9-20(29-15-6-4-14(25)5-7-15)18(12-16)19-13-24(2)22(26)21-17(19)10-11-23-21/h8-15,23,25H,3-7H2,1-2H3. The first-order chi connectivity index (χ1) is 14.3. The van der Waals surface area contributed by atoms with Crippen molar-refractivity contribution < 1.29 is 18.3 Å². The Balaban J connectivity index is 1.88. The average Bonchev–Trinajstić information content (AvgIpc) is 3.23. The number of fused-ring (bicyclic) bond motifs is 1. The summed E-state index contributed by atoms with van der Waals surface area (Å²) in [6.45, 7) is 1.61. The molecule has 2 N–H and O–H groups in total. The molecule has 8 heteroatoms. The molecule has 0 atom stereocenters. The minimum atomic E-state index is -3.41. The molecule has 0 saturated heterocycles. The van der Waals surface area contributed by atoms with E-state index in [1.807, 2.05) is 6.07 Å². The van der Waals surface area contributed by atoms with E-state index in [4.69, 9.17) is 4.74 Å². The number of sulfone groups is 1. The Morgan fingerprint density at radius 1 is 1.17 bits per heavy atom. The van der Waals surface area contributed by atoms with Gasteiger partial charge >= 0.3 is 0 Å². The van der Waals surface area contributed by atoms with Crippen molar-refractivity contribution in [1.82, 2.24) is 9.55 Å². The van der Waals surface area contributed by atoms with Crippen LogP contribution in [0.25, 0.3) is 22.0 Å². The van der Waals surface area contributed by atoms with E-state index in [1.54, 1.807) is 44.6 Å². The molecule has 4 rings (SSSR count). The number of pyridine rings is 1. The van der Waals surface area contributed by atoms with E-state index in [-0.39, 0.29) is 28.4 Å². The third kappa shape index (κ3) is 3.77. The number of rotatable bonds is 5. The zero-order valence-corrected chi connectivity index (χ0v) is 17.9. The molecule has 3 aromatic rings. The SMILES string of the molecule is CCS(=O)(=O)c1ccc(OC2CCC(O)CC2)c(-c2cn(C)c(=O)c3[nH]ccc23)c1. The Morgan fingerprint density at radius 2 is 1.90 bits per heavy atom. The first kappa shape index (κ1) is 20.7. The number of nitrogens with one attached hydrogen (secondary N) is 1. The summed E-state index contributed by atoms with van der Waals surface area (Å²) in [5.74, 6) is 0.576. The van der Waals surface area contributed by atoms with Crippen molar-refractivity contribution in [2.45, 2.75) is 49.7 Å². The zero-order chi connectivity index (χ0) is 21.5. The summed E-state index contributed by atoms with van der Waals surface area (Å²) in [4.78, 5) is 15.7. The van der Waals surface area contributed by atoms with E-state index >= 15 is 0 Å². The highest BCUT2D eigenvalue weighted by molar-refractivity contribution is 7.91. The van der Waals surface area contributed by atoms with Gasteiger partial charge in [0.15, 0.2) is 9.84 Å². The molecule has 2 heterocycles. The number of hydrogen-bond acceptors (Lipinski definition) is 5. The molecule has 0 radical (unpaired) electrons. The van der Waals surface area contributed by atoms with Gasteiger partial charge in [0.2, 0.25) is 0 Å². The van der Waals surface area contributed by atoms with Crippen molar-refractivity contribution in [3.63, 3.8) is 0 Å². The number of aryl methyl sites for hydroxylation is 1. The van der Waals surface area contributed by atoms with E-state index in [0.29, 0.717) is 35.1 Å². The smallest absolute Gasteiger partial charge is 0.274 e. The van der Waals surface area contributed by atoms with E-state index in [9.17, 15) is 18.3 Å². The number of H-pyrrole nitrogens is 1. The fraction of sp³-hybridized carbons (Fsp3) is 0.409. The number of aromatic nitrogens is 2. The third-order valence-corrected chi connectivity index (χ3v) is 7.54. The van der Waals surface area contributed by atoms with E-state index in [2.05, 4.69) is 4.98 Å². The lowest BCUT2D eigenvalue weighted by Crippen LogP contribution is -2.26. The summed E-state index contributed by atoms with van der Waals surface area (Å²) < 4.78 is 32.8. The first-order valence-electron chi connectivity index (χ1n) is 10.2. The minimum absolute atomic E-state index is 0.00000166. The number of aliphatic hydroxyl groups excluding tert-OH is 1. The number of ether oxygens (including phenoxy) is 1. The van der Waals surface area contributed by atoms with Gasteiger partial charge < -0.3 is 19.4 Å². The summed E-state index contributed by atoms with van der Waals surface area (Å²) in [5.41, 5.74) is 1.67. The Labute approximate surface area is 175 Å². The number of hydrogen-bond donors (Lipinski definition) is 2. The maximum Gasteiger partial charge on any atom is 0.274 e. The second-order valence-corrected chi connectivity index (χ2v) is 10.1. The van der Waals surface area contributed by atoms with Crippen molar-refractivity contribution in [2.75, 3.05) is 5.75 Å². The Bertz CT molecular complexity index is 1230. The van der Waals surface area contributed by atoms with E-state index in [1.165, 1.54) is 4.57 Å². The zero-order valence-electron chi connectivity index (χ0n) is 17.1. The molecule has 1 fully saturated rings. The van der Waals surface area contributed by atoms with Gasteiger partial charge in [-0.1, -0.05) is 6.92 Å². The molecule has 2 aromatic heterocycles. The van der Waals surface area contributed by atoms with Crippen molar-refractivity contribution in [3.05, 3.63) is 47.0 Å². The van der Waals surface area contributed by atoms with Crippen molar-refractivity contribution in [1.29, 1.82) is 0 Å². The second-order valence-electron chi connectivity index (χ2n) is 7.83. The van der Waals surface area contributed by atoms with Crippen molar-refractivity contribution >= 4 is 20.7 Å². The van der Waals surface area contributed by atoms with Gasteiger partial charge in [-0.2, -0.15) is 0 Å². The van der Waals surface area contributed by atoms with Crippen LogP contribution in [0.4, 0.5) is 0 Å². The second kappa shape index (κ2) is 7.92. The molecule has 1 aliphatic rings. The quantitative estimate of drug-likeness (QED) is 0.648. The first-order valence-corrected chi connectivity index (χ1v) is 11.8. The fourth-order valence-corrected chi connectivity index (χ4v) is 4.91. The lowest BCUT2D eigenvalue weighted by Gasteiger charge is -2.27. The normalized spacial score (nSPS) is 19.8. The maximum absolute atomic E-state index is 12.5. The lowest BCUT2D eigenvalue weighted by molar-refractivity contribution is 0.0668. The number of aliphatic hydroxyl groups is 1. The van der Waals surface area contributed by atoms with Gasteiger partial charge in [0.25, 0.3) is 5.56 Å². The van der Waals surface area contributed by atoms with Crippen LogP contribution >= 0.6 is 0 Å². The van der Waals surface area contributed by atoms with Gasteiger partial charge in [0.1, 0.15) is 11.3 Å². The van der Waals surface area contributed by atoms with E-state index < -0.39 is 9.84 Å². The van der Waals surface area contributed by atoms with Crippen LogP contribution in [0.1, 0.15) is 32.6 Å². The molecular weight excluding hydrogens is 404 g/mol. The highest BCUT2D eigenvalue weighted by atomic mass is 32.2. The van der Waals surface area contributed by atoms with E-state index in [0.717, 1.165) is 18.4 Å². The average molecular weight is 431 g/mol. The molecule has 0 aliphatic heterocycles. The lowest BCUT2D eigenvalue weighted by atomic mass is 9.95. The Hall–Kier alpha value is -2.58. The summed E-state index contributed by atoms with van der Waals surface area (Å²) in [5, 5.41) is 10.5. The molecule has 7 nitrogen and oxygen atoms in total. The topological polar surface area (TPSA) is 101 Å². The Morgan fingerprint density at radius 3 is 2.60 bits per heavy atom. The maximum atomic E-state index is 12.5. The summed E-state index contributed by atoms with van der Waals surface area (Å²) >= 11 is 0. The monoisotopic (exact) mass is 430 g/mol. The number of nitrogens with zero attached hydrogens (tertiary/aromatic N) is 1. The van der Waals surface area contributed by atoms with Crippen LogP contribution < -0.4 is 10.3 Å². The van der Waals surface area contributed by atoms with Crippen LogP contribution in [0, 0.1) is 0 Å². The highest BCUT2D eigenvalue weighted by Crippen LogP contribution is 2.37. The molecule has 0 unspecified atom stereocenters. The van der Waals surface area contributed by atoms with Gasteiger partial charge in [0.05, 0.1) is 22.9 Å². The molecule has 1 aromatic carbocycles. The molecule has 30 heavy (non-hydrogen) atoms. The van der Waals surface area contributed by atoms with Crippen LogP contribution in [0.15, 0.2) is 46.3 Å². The van der Waals surface area contributed by atoms with Crippen LogP contribution in [0.2, 0.25) is 0 Å². The molecule has 1 saturated carbocycles. The predicted molar refractivity (Wildman–Crippen MR) is 116 cm³/mol.